The molecule has 0 radical (unpaired) electrons. The summed E-state index contributed by atoms with van der Waals surface area (Å²) >= 11 is 6.02. The van der Waals surface area contributed by atoms with Gasteiger partial charge in [0.25, 0.3) is 0 Å². The van der Waals surface area contributed by atoms with Crippen LogP contribution in [0.3, 0.4) is 0 Å². The van der Waals surface area contributed by atoms with Gasteiger partial charge < -0.3 is 19.0 Å². The molecule has 1 heterocycles. The smallest absolute Gasteiger partial charge is 0.342 e. The Morgan fingerprint density at radius 3 is 2.58 bits per heavy atom. The molecule has 1 aliphatic heterocycles. The topological polar surface area (TPSA) is 90.9 Å². The number of benzene rings is 2. The van der Waals surface area contributed by atoms with Gasteiger partial charge in [-0.1, -0.05) is 23.7 Å². The molecule has 1 fully saturated rings. The van der Waals surface area contributed by atoms with Gasteiger partial charge >= 0.3 is 16.1 Å². The van der Waals surface area contributed by atoms with Crippen LogP contribution in [0.5, 0.6) is 11.5 Å². The molecule has 31 heavy (non-hydrogen) atoms. The van der Waals surface area contributed by atoms with E-state index in [9.17, 15) is 13.2 Å². The highest BCUT2D eigenvalue weighted by atomic mass is 35.5. The average molecular weight is 468 g/mol. The molecule has 2 aromatic carbocycles. The van der Waals surface area contributed by atoms with Crippen LogP contribution in [-0.2, 0) is 14.9 Å². The summed E-state index contributed by atoms with van der Waals surface area (Å²) in [4.78, 5) is 12.4. The number of halogens is 1. The summed E-state index contributed by atoms with van der Waals surface area (Å²) in [6.45, 7) is 5.85. The summed E-state index contributed by atoms with van der Waals surface area (Å²) < 4.78 is 41.9. The van der Waals surface area contributed by atoms with Crippen LogP contribution in [0.1, 0.15) is 35.7 Å². The summed E-state index contributed by atoms with van der Waals surface area (Å²) in [6, 6.07) is 8.91. The Kier molecular flexibility index (Phi) is 7.80. The predicted octanol–water partition coefficient (Wildman–Crippen LogP) is 3.97. The molecule has 168 valence electrons. The molecule has 0 amide bonds. The second kappa shape index (κ2) is 10.3. The van der Waals surface area contributed by atoms with Crippen LogP contribution in [0.15, 0.2) is 41.3 Å². The van der Waals surface area contributed by atoms with Crippen LogP contribution in [0.2, 0.25) is 5.02 Å². The van der Waals surface area contributed by atoms with Crippen molar-refractivity contribution in [3.63, 3.8) is 0 Å². The molecule has 1 saturated heterocycles. The fraction of sp³-hybridized carbons (Fsp3) is 0.409. The van der Waals surface area contributed by atoms with Crippen LogP contribution in [-0.4, -0.2) is 40.7 Å². The van der Waals surface area contributed by atoms with Crippen molar-refractivity contribution in [1.29, 1.82) is 0 Å². The van der Waals surface area contributed by atoms with Crippen molar-refractivity contribution in [2.45, 2.75) is 31.6 Å². The monoisotopic (exact) mass is 467 g/mol. The van der Waals surface area contributed by atoms with Gasteiger partial charge in [-0.05, 0) is 69.5 Å². The maximum atomic E-state index is 12.7. The Balaban J connectivity index is 1.91. The van der Waals surface area contributed by atoms with Gasteiger partial charge in [0, 0.05) is 6.07 Å². The first-order valence-corrected chi connectivity index (χ1v) is 11.9. The fourth-order valence-electron chi connectivity index (χ4n) is 3.42. The van der Waals surface area contributed by atoms with Crippen molar-refractivity contribution in [2.75, 3.05) is 26.3 Å². The maximum Gasteiger partial charge on any atom is 0.342 e. The number of esters is 1. The number of carbonyl (C=O) groups is 1. The predicted molar refractivity (Wildman–Crippen MR) is 117 cm³/mol. The van der Waals surface area contributed by atoms with Crippen molar-refractivity contribution in [3.8, 4) is 11.5 Å². The van der Waals surface area contributed by atoms with E-state index in [1.165, 1.54) is 24.3 Å². The summed E-state index contributed by atoms with van der Waals surface area (Å²) in [5, 5.41) is 3.36. The number of nitrogens with one attached hydrogen (secondary N) is 1. The highest BCUT2D eigenvalue weighted by Crippen LogP contribution is 2.33. The van der Waals surface area contributed by atoms with Gasteiger partial charge in [-0.25, -0.2) is 4.79 Å². The van der Waals surface area contributed by atoms with Gasteiger partial charge in [-0.2, -0.15) is 8.42 Å². The lowest BCUT2D eigenvalue weighted by Crippen LogP contribution is -2.30. The second-order valence-corrected chi connectivity index (χ2v) is 9.23. The molecule has 0 aliphatic carbocycles. The fourth-order valence-corrected chi connectivity index (χ4v) is 4.84. The van der Waals surface area contributed by atoms with Gasteiger partial charge in [0.2, 0.25) is 0 Å². The Hall–Kier alpha value is -2.29. The molecule has 0 saturated carbocycles. The lowest BCUT2D eigenvalue weighted by Gasteiger charge is -2.23. The molecule has 1 N–H and O–H groups in total. The molecular weight excluding hydrogens is 442 g/mol. The van der Waals surface area contributed by atoms with Crippen LogP contribution < -0.4 is 14.2 Å². The molecule has 0 unspecified atom stereocenters. The van der Waals surface area contributed by atoms with E-state index in [1.54, 1.807) is 26.0 Å². The van der Waals surface area contributed by atoms with Crippen LogP contribution >= 0.6 is 11.6 Å². The van der Waals surface area contributed by atoms with Crippen LogP contribution in [0, 0.1) is 12.8 Å². The third-order valence-electron chi connectivity index (χ3n) is 5.00. The Morgan fingerprint density at radius 1 is 1.19 bits per heavy atom. The van der Waals surface area contributed by atoms with E-state index in [4.69, 9.17) is 25.3 Å². The van der Waals surface area contributed by atoms with Gasteiger partial charge in [0.05, 0.1) is 18.2 Å². The zero-order chi connectivity index (χ0) is 22.4. The lowest BCUT2D eigenvalue weighted by atomic mass is 9.99. The minimum atomic E-state index is -4.17. The largest absolute Gasteiger partial charge is 0.492 e. The van der Waals surface area contributed by atoms with Crippen molar-refractivity contribution < 1.29 is 26.9 Å². The van der Waals surface area contributed by atoms with E-state index >= 15 is 0 Å². The van der Waals surface area contributed by atoms with Crippen molar-refractivity contribution in [2.24, 2.45) is 5.92 Å². The SMILES string of the molecule is CCOC(=O)c1c(C)cc(OS(=O)(=O)c2ccccc2Cl)cc1OCC1CCNCC1. The maximum absolute atomic E-state index is 12.7. The Bertz CT molecular complexity index is 1030. The van der Waals surface area contributed by atoms with Gasteiger partial charge in [0.15, 0.2) is 0 Å². The molecule has 0 spiro atoms. The molecule has 0 atom stereocenters. The first-order chi connectivity index (χ1) is 14.8. The highest BCUT2D eigenvalue weighted by Gasteiger charge is 2.24. The summed E-state index contributed by atoms with van der Waals surface area (Å²) in [6.07, 6.45) is 1.93. The first kappa shape index (κ1) is 23.4. The highest BCUT2D eigenvalue weighted by molar-refractivity contribution is 7.87. The molecule has 7 nitrogen and oxygen atoms in total. The number of piperidine rings is 1. The lowest BCUT2D eigenvalue weighted by molar-refractivity contribution is 0.0519. The molecular formula is C22H26ClNO6S. The number of carbonyl (C=O) groups excluding carboxylic acids is 1. The molecule has 0 bridgehead atoms. The molecule has 3 rings (SSSR count). The zero-order valence-corrected chi connectivity index (χ0v) is 19.1. The van der Waals surface area contributed by atoms with Crippen LogP contribution in [0.4, 0.5) is 0 Å². The molecule has 2 aromatic rings. The molecule has 0 aromatic heterocycles. The normalized spacial score (nSPS) is 14.8. The first-order valence-electron chi connectivity index (χ1n) is 10.2. The summed E-state index contributed by atoms with van der Waals surface area (Å²) in [5.74, 6) is 0.0842. The molecule has 1 aliphatic rings. The number of ether oxygens (including phenoxy) is 2. The average Bonchev–Trinajstić information content (AvgIpc) is 2.72. The minimum Gasteiger partial charge on any atom is -0.492 e. The van der Waals surface area contributed by atoms with Crippen molar-refractivity contribution in [1.82, 2.24) is 5.32 Å². The summed E-state index contributed by atoms with van der Waals surface area (Å²) in [7, 11) is -4.17. The minimum absolute atomic E-state index is 0.0331. The Morgan fingerprint density at radius 2 is 1.90 bits per heavy atom. The van der Waals surface area contributed by atoms with E-state index in [1.807, 2.05) is 0 Å². The van der Waals surface area contributed by atoms with E-state index < -0.39 is 16.1 Å². The standard InChI is InChI=1S/C22H26ClNO6S/c1-3-28-22(25)21-15(2)12-17(13-19(21)29-14-16-8-10-24-11-9-16)30-31(26,27)20-7-5-4-6-18(20)23/h4-7,12-13,16,24H,3,8-11,14H2,1-2H3. The van der Waals surface area contributed by atoms with E-state index in [0.29, 0.717) is 18.1 Å². The third-order valence-corrected chi connectivity index (χ3v) is 6.75. The summed E-state index contributed by atoms with van der Waals surface area (Å²) in [5.41, 5.74) is 0.754. The number of hydrogen-bond donors (Lipinski definition) is 1. The quantitative estimate of drug-likeness (QED) is 0.464. The third kappa shape index (κ3) is 5.90. The van der Waals surface area contributed by atoms with Crippen LogP contribution in [0.25, 0.3) is 0 Å². The Labute approximate surface area is 187 Å². The number of hydrogen-bond acceptors (Lipinski definition) is 7. The van der Waals surface area contributed by atoms with Gasteiger partial charge in [-0.3, -0.25) is 0 Å². The van der Waals surface area contributed by atoms with E-state index in [2.05, 4.69) is 5.32 Å². The van der Waals surface area contributed by atoms with Crippen molar-refractivity contribution in [3.05, 3.63) is 52.5 Å². The zero-order valence-electron chi connectivity index (χ0n) is 17.5. The second-order valence-electron chi connectivity index (χ2n) is 7.31. The molecule has 9 heteroatoms. The number of rotatable bonds is 8. The van der Waals surface area contributed by atoms with Crippen molar-refractivity contribution >= 4 is 27.7 Å². The van der Waals surface area contributed by atoms with Gasteiger partial charge in [-0.15, -0.1) is 0 Å². The number of aryl methyl sites for hydroxylation is 1. The van der Waals surface area contributed by atoms with E-state index in [-0.39, 0.29) is 33.6 Å². The van der Waals surface area contributed by atoms with E-state index in [0.717, 1.165) is 25.9 Å². The van der Waals surface area contributed by atoms with Gasteiger partial charge in [0.1, 0.15) is 22.0 Å².